The Morgan fingerprint density at radius 2 is 1.76 bits per heavy atom. The maximum Gasteiger partial charge on any atom is 0.226 e. The van der Waals surface area contributed by atoms with Gasteiger partial charge in [-0.1, -0.05) is 36.4 Å². The molecule has 0 fully saturated rings. The minimum Gasteiger partial charge on any atom is -0.395 e. The van der Waals surface area contributed by atoms with Crippen LogP contribution in [0, 0.1) is 13.8 Å². The average Bonchev–Trinajstić information content (AvgIpc) is 3.07. The van der Waals surface area contributed by atoms with Crippen LogP contribution < -0.4 is 10.6 Å². The monoisotopic (exact) mass is 405 g/mol. The lowest BCUT2D eigenvalue weighted by molar-refractivity contribution is 0.311. The van der Waals surface area contributed by atoms with Crippen molar-refractivity contribution in [1.29, 1.82) is 0 Å². The third-order valence-electron chi connectivity index (χ3n) is 4.57. The topological polar surface area (TPSA) is 83.0 Å². The predicted octanol–water partition coefficient (Wildman–Crippen LogP) is 4.39. The number of nitrogens with zero attached hydrogens (tertiary/aromatic N) is 3. The van der Waals surface area contributed by atoms with Crippen molar-refractivity contribution in [3.8, 4) is 11.1 Å². The van der Waals surface area contributed by atoms with Crippen LogP contribution in [0.15, 0.2) is 48.5 Å². The molecule has 7 heteroatoms. The highest BCUT2D eigenvalue weighted by atomic mass is 32.1. The smallest absolute Gasteiger partial charge is 0.226 e. The number of aliphatic hydroxyl groups is 1. The van der Waals surface area contributed by atoms with E-state index in [1.165, 1.54) is 4.88 Å². The summed E-state index contributed by atoms with van der Waals surface area (Å²) in [6.07, 6.45) is 0. The van der Waals surface area contributed by atoms with Crippen molar-refractivity contribution < 1.29 is 5.11 Å². The lowest BCUT2D eigenvalue weighted by atomic mass is 10.0. The minimum absolute atomic E-state index is 0.0239. The van der Waals surface area contributed by atoms with Crippen molar-refractivity contribution in [1.82, 2.24) is 15.0 Å². The van der Waals surface area contributed by atoms with Crippen LogP contribution in [0.4, 0.5) is 11.8 Å². The van der Waals surface area contributed by atoms with E-state index in [0.717, 1.165) is 38.5 Å². The summed E-state index contributed by atoms with van der Waals surface area (Å²) >= 11 is 1.65. The summed E-state index contributed by atoms with van der Waals surface area (Å²) in [5, 5.41) is 16.7. The number of rotatable bonds is 7. The fourth-order valence-electron chi connectivity index (χ4n) is 3.31. The standard InChI is InChI=1S/C22H23N5OS/c1-14-7-6-10-17(25-14)13-24-20-19-18(16-8-4-3-5-9-16)15(2)29-21(19)27-22(26-20)23-11-12-28/h3-10,28H,11-13H2,1-2H3,(H2,23,24,26,27). The van der Waals surface area contributed by atoms with E-state index >= 15 is 0 Å². The number of pyridine rings is 1. The van der Waals surface area contributed by atoms with Crippen molar-refractivity contribution in [2.75, 3.05) is 23.8 Å². The number of benzene rings is 1. The van der Waals surface area contributed by atoms with Crippen molar-refractivity contribution in [3.05, 3.63) is 64.8 Å². The average molecular weight is 406 g/mol. The second kappa shape index (κ2) is 8.55. The van der Waals surface area contributed by atoms with Crippen LogP contribution in [0.25, 0.3) is 21.3 Å². The second-order valence-electron chi connectivity index (χ2n) is 6.75. The Hall–Kier alpha value is -3.03. The molecule has 0 saturated carbocycles. The van der Waals surface area contributed by atoms with Crippen LogP contribution in [0.5, 0.6) is 0 Å². The minimum atomic E-state index is 0.0239. The normalized spacial score (nSPS) is 11.0. The molecule has 0 radical (unpaired) electrons. The quantitative estimate of drug-likeness (QED) is 0.423. The van der Waals surface area contributed by atoms with E-state index in [0.29, 0.717) is 19.0 Å². The van der Waals surface area contributed by atoms with Gasteiger partial charge in [-0.3, -0.25) is 4.98 Å². The van der Waals surface area contributed by atoms with Crippen LogP contribution in [0.1, 0.15) is 16.3 Å². The number of aliphatic hydroxyl groups excluding tert-OH is 1. The molecule has 0 saturated heterocycles. The molecule has 0 aliphatic heterocycles. The number of hydrogen-bond acceptors (Lipinski definition) is 7. The van der Waals surface area contributed by atoms with E-state index in [1.54, 1.807) is 11.3 Å². The molecule has 148 valence electrons. The van der Waals surface area contributed by atoms with Gasteiger partial charge in [-0.05, 0) is 31.5 Å². The molecule has 0 bridgehead atoms. The molecule has 4 aromatic rings. The van der Waals surface area contributed by atoms with Gasteiger partial charge in [0.1, 0.15) is 10.6 Å². The fourth-order valence-corrected chi connectivity index (χ4v) is 4.36. The molecule has 3 aromatic heterocycles. The predicted molar refractivity (Wildman–Crippen MR) is 119 cm³/mol. The van der Waals surface area contributed by atoms with Crippen LogP contribution in [-0.4, -0.2) is 33.2 Å². The first-order valence-electron chi connectivity index (χ1n) is 9.53. The Kier molecular flexibility index (Phi) is 5.69. The molecule has 3 heterocycles. The van der Waals surface area contributed by atoms with Gasteiger partial charge in [0.2, 0.25) is 5.95 Å². The van der Waals surface area contributed by atoms with Gasteiger partial charge in [0.25, 0.3) is 0 Å². The van der Waals surface area contributed by atoms with Crippen LogP contribution >= 0.6 is 11.3 Å². The largest absolute Gasteiger partial charge is 0.395 e. The lowest BCUT2D eigenvalue weighted by Gasteiger charge is -2.12. The summed E-state index contributed by atoms with van der Waals surface area (Å²) in [6.45, 7) is 5.09. The van der Waals surface area contributed by atoms with Crippen molar-refractivity contribution >= 4 is 33.3 Å². The summed E-state index contributed by atoms with van der Waals surface area (Å²) in [5.74, 6) is 1.27. The molecule has 0 aliphatic carbocycles. The van der Waals surface area contributed by atoms with Gasteiger partial charge in [0.15, 0.2) is 0 Å². The Morgan fingerprint density at radius 1 is 0.931 bits per heavy atom. The Labute approximate surface area is 173 Å². The zero-order chi connectivity index (χ0) is 20.2. The van der Waals surface area contributed by atoms with Crippen LogP contribution in [0.2, 0.25) is 0 Å². The zero-order valence-corrected chi connectivity index (χ0v) is 17.3. The first kappa shape index (κ1) is 19.3. The maximum absolute atomic E-state index is 9.15. The van der Waals surface area contributed by atoms with Gasteiger partial charge in [-0.25, -0.2) is 4.98 Å². The van der Waals surface area contributed by atoms with Gasteiger partial charge in [-0.2, -0.15) is 4.98 Å². The number of aryl methyl sites for hydroxylation is 2. The number of thiophene rings is 1. The highest BCUT2D eigenvalue weighted by molar-refractivity contribution is 7.19. The second-order valence-corrected chi connectivity index (χ2v) is 7.95. The van der Waals surface area contributed by atoms with Gasteiger partial charge in [0, 0.05) is 22.7 Å². The summed E-state index contributed by atoms with van der Waals surface area (Å²) < 4.78 is 0. The number of anilines is 2. The van der Waals surface area contributed by atoms with E-state index in [2.05, 4.69) is 39.7 Å². The molecule has 0 aliphatic rings. The van der Waals surface area contributed by atoms with E-state index in [4.69, 9.17) is 10.1 Å². The molecule has 0 unspecified atom stereocenters. The first-order chi connectivity index (χ1) is 14.2. The zero-order valence-electron chi connectivity index (χ0n) is 16.4. The summed E-state index contributed by atoms with van der Waals surface area (Å²) in [6, 6.07) is 16.3. The van der Waals surface area contributed by atoms with Crippen molar-refractivity contribution in [3.63, 3.8) is 0 Å². The molecule has 0 spiro atoms. The maximum atomic E-state index is 9.15. The van der Waals surface area contributed by atoms with E-state index in [9.17, 15) is 0 Å². The SMILES string of the molecule is Cc1cccc(CNc2nc(NCCO)nc3sc(C)c(-c4ccccc4)c23)n1. The van der Waals surface area contributed by atoms with E-state index in [1.807, 2.05) is 43.3 Å². The van der Waals surface area contributed by atoms with Crippen molar-refractivity contribution in [2.24, 2.45) is 0 Å². The number of hydrogen-bond donors (Lipinski definition) is 3. The first-order valence-corrected chi connectivity index (χ1v) is 10.3. The van der Waals surface area contributed by atoms with E-state index in [-0.39, 0.29) is 6.61 Å². The summed E-state index contributed by atoms with van der Waals surface area (Å²) in [5.41, 5.74) is 4.24. The third-order valence-corrected chi connectivity index (χ3v) is 5.57. The Morgan fingerprint density at radius 3 is 2.52 bits per heavy atom. The molecule has 1 aromatic carbocycles. The number of fused-ring (bicyclic) bond motifs is 1. The van der Waals surface area contributed by atoms with Crippen LogP contribution in [-0.2, 0) is 6.54 Å². The Balaban J connectivity index is 1.80. The lowest BCUT2D eigenvalue weighted by Crippen LogP contribution is -2.11. The molecule has 4 rings (SSSR count). The molecular weight excluding hydrogens is 382 g/mol. The number of nitrogens with one attached hydrogen (secondary N) is 2. The highest BCUT2D eigenvalue weighted by Crippen LogP contribution is 2.41. The summed E-state index contributed by atoms with van der Waals surface area (Å²) in [4.78, 5) is 16.1. The molecule has 0 amide bonds. The fraction of sp³-hybridized carbons (Fsp3) is 0.227. The third kappa shape index (κ3) is 4.21. The van der Waals surface area contributed by atoms with Gasteiger partial charge < -0.3 is 15.7 Å². The highest BCUT2D eigenvalue weighted by Gasteiger charge is 2.18. The van der Waals surface area contributed by atoms with Gasteiger partial charge in [-0.15, -0.1) is 11.3 Å². The van der Waals surface area contributed by atoms with Gasteiger partial charge in [0.05, 0.1) is 24.2 Å². The molecular formula is C22H23N5OS. The van der Waals surface area contributed by atoms with E-state index < -0.39 is 0 Å². The van der Waals surface area contributed by atoms with Gasteiger partial charge >= 0.3 is 0 Å². The molecule has 29 heavy (non-hydrogen) atoms. The number of aromatic nitrogens is 3. The molecule has 3 N–H and O–H groups in total. The van der Waals surface area contributed by atoms with Crippen molar-refractivity contribution in [2.45, 2.75) is 20.4 Å². The molecule has 6 nitrogen and oxygen atoms in total. The summed E-state index contributed by atoms with van der Waals surface area (Å²) in [7, 11) is 0. The Bertz CT molecular complexity index is 1130. The molecule has 0 atom stereocenters. The van der Waals surface area contributed by atoms with Crippen LogP contribution in [0.3, 0.4) is 0 Å².